The van der Waals surface area contributed by atoms with Gasteiger partial charge in [-0.15, -0.1) is 5.10 Å². The fourth-order valence-electron chi connectivity index (χ4n) is 3.30. The number of aromatic nitrogens is 3. The number of fused-ring (bicyclic) bond motifs is 1. The van der Waals surface area contributed by atoms with Crippen molar-refractivity contribution >= 4 is 16.9 Å². The van der Waals surface area contributed by atoms with Crippen molar-refractivity contribution in [3.63, 3.8) is 0 Å². The van der Waals surface area contributed by atoms with E-state index in [9.17, 15) is 27.6 Å². The van der Waals surface area contributed by atoms with E-state index in [4.69, 9.17) is 4.42 Å². The van der Waals surface area contributed by atoms with Crippen molar-refractivity contribution in [2.75, 3.05) is 6.54 Å². The number of amides is 1. The maximum Gasteiger partial charge on any atom is 0.416 e. The fourth-order valence-corrected chi connectivity index (χ4v) is 3.30. The van der Waals surface area contributed by atoms with Crippen LogP contribution in [0.4, 0.5) is 13.2 Å². The number of alkyl halides is 3. The maximum atomic E-state index is 13.0. The summed E-state index contributed by atoms with van der Waals surface area (Å²) < 4.78 is 46.6. The van der Waals surface area contributed by atoms with Crippen LogP contribution in [0, 0.1) is 0 Å². The molecule has 0 aliphatic heterocycles. The Morgan fingerprint density at radius 1 is 1.09 bits per heavy atom. The number of benzene rings is 2. The molecule has 0 aliphatic carbocycles. The molecule has 1 amide bonds. The lowest BCUT2D eigenvalue weighted by molar-refractivity contribution is -0.137. The van der Waals surface area contributed by atoms with Crippen LogP contribution in [0.25, 0.3) is 22.4 Å². The highest BCUT2D eigenvalue weighted by atomic mass is 19.4. The van der Waals surface area contributed by atoms with Crippen LogP contribution in [0.15, 0.2) is 68.6 Å². The number of para-hydroxylation sites is 1. The van der Waals surface area contributed by atoms with Crippen LogP contribution in [0.5, 0.6) is 0 Å². The fraction of sp³-hybridized carbons (Fsp3) is 0.182. The summed E-state index contributed by atoms with van der Waals surface area (Å²) in [6.45, 7) is -0.0799. The van der Waals surface area contributed by atoms with Gasteiger partial charge in [0.15, 0.2) is 17.0 Å². The predicted octanol–water partition coefficient (Wildman–Crippen LogP) is 2.80. The van der Waals surface area contributed by atoms with Gasteiger partial charge in [-0.3, -0.25) is 14.2 Å². The Morgan fingerprint density at radius 2 is 1.85 bits per heavy atom. The molecule has 0 unspecified atom stereocenters. The highest BCUT2D eigenvalue weighted by Gasteiger charge is 2.31. The standard InChI is InChI=1S/C22H17F3N4O4/c1-28-19(13-5-4-6-14(11-13)22(23,24)25)27-29(21(28)32)10-9-26-20(31)18-12-16(30)15-7-2-3-8-17(15)33-18/h2-8,11-12H,9-10H2,1H3,(H,26,31). The molecule has 4 rings (SSSR count). The second kappa shape index (κ2) is 8.41. The first kappa shape index (κ1) is 22.1. The van der Waals surface area contributed by atoms with Crippen LogP contribution in [-0.4, -0.2) is 26.8 Å². The Bertz CT molecular complexity index is 1470. The minimum Gasteiger partial charge on any atom is -0.451 e. The average molecular weight is 458 g/mol. The zero-order valence-corrected chi connectivity index (χ0v) is 17.2. The number of halogens is 3. The molecule has 4 aromatic rings. The first-order valence-corrected chi connectivity index (χ1v) is 9.78. The van der Waals surface area contributed by atoms with Crippen molar-refractivity contribution in [1.29, 1.82) is 0 Å². The van der Waals surface area contributed by atoms with Crippen LogP contribution in [0.1, 0.15) is 16.1 Å². The van der Waals surface area contributed by atoms with Gasteiger partial charge in [-0.25, -0.2) is 9.48 Å². The van der Waals surface area contributed by atoms with E-state index in [1.807, 2.05) is 0 Å². The third-order valence-corrected chi connectivity index (χ3v) is 4.96. The van der Waals surface area contributed by atoms with E-state index in [1.54, 1.807) is 24.3 Å². The normalized spacial score (nSPS) is 11.6. The summed E-state index contributed by atoms with van der Waals surface area (Å²) in [7, 11) is 1.39. The first-order chi connectivity index (χ1) is 15.6. The Kier molecular flexibility index (Phi) is 5.62. The van der Waals surface area contributed by atoms with Crippen molar-refractivity contribution in [3.05, 3.63) is 86.6 Å². The molecule has 0 aliphatic rings. The number of carbonyl (C=O) groups excluding carboxylic acids is 1. The highest BCUT2D eigenvalue weighted by molar-refractivity contribution is 5.93. The monoisotopic (exact) mass is 458 g/mol. The minimum absolute atomic E-state index is 0.0334. The number of rotatable bonds is 5. The van der Waals surface area contributed by atoms with Gasteiger partial charge in [0, 0.05) is 25.2 Å². The van der Waals surface area contributed by atoms with E-state index in [2.05, 4.69) is 10.4 Å². The molecule has 2 aromatic heterocycles. The van der Waals surface area contributed by atoms with Crippen molar-refractivity contribution in [3.8, 4) is 11.4 Å². The van der Waals surface area contributed by atoms with Gasteiger partial charge >= 0.3 is 11.9 Å². The van der Waals surface area contributed by atoms with Crippen LogP contribution < -0.4 is 16.4 Å². The van der Waals surface area contributed by atoms with Crippen LogP contribution in [-0.2, 0) is 19.8 Å². The van der Waals surface area contributed by atoms with Crippen molar-refractivity contribution in [1.82, 2.24) is 19.7 Å². The average Bonchev–Trinajstić information content (AvgIpc) is 3.07. The van der Waals surface area contributed by atoms with E-state index >= 15 is 0 Å². The Labute approximate surface area is 183 Å². The lowest BCUT2D eigenvalue weighted by Crippen LogP contribution is -2.32. The molecule has 0 radical (unpaired) electrons. The van der Waals surface area contributed by atoms with Gasteiger partial charge in [-0.05, 0) is 24.3 Å². The van der Waals surface area contributed by atoms with Gasteiger partial charge in [0.2, 0.25) is 0 Å². The highest BCUT2D eigenvalue weighted by Crippen LogP contribution is 2.31. The summed E-state index contributed by atoms with van der Waals surface area (Å²) >= 11 is 0. The minimum atomic E-state index is -4.53. The SMILES string of the molecule is Cn1c(-c2cccc(C(F)(F)F)c2)nn(CCNC(=O)c2cc(=O)c3ccccc3o2)c1=O. The third-order valence-electron chi connectivity index (χ3n) is 4.96. The van der Waals surface area contributed by atoms with Gasteiger partial charge in [0.05, 0.1) is 17.5 Å². The molecule has 0 fully saturated rings. The second-order valence-corrected chi connectivity index (χ2v) is 7.19. The summed E-state index contributed by atoms with van der Waals surface area (Å²) in [6.07, 6.45) is -4.53. The quantitative estimate of drug-likeness (QED) is 0.496. The van der Waals surface area contributed by atoms with Crippen molar-refractivity contribution < 1.29 is 22.4 Å². The molecule has 2 aromatic carbocycles. The van der Waals surface area contributed by atoms with Gasteiger partial charge in [-0.1, -0.05) is 24.3 Å². The Morgan fingerprint density at radius 3 is 2.61 bits per heavy atom. The molecule has 0 bridgehead atoms. The summed E-state index contributed by atoms with van der Waals surface area (Å²) in [5, 5.41) is 6.98. The summed E-state index contributed by atoms with van der Waals surface area (Å²) in [5.74, 6) is -0.783. The largest absolute Gasteiger partial charge is 0.451 e. The molecule has 0 spiro atoms. The second-order valence-electron chi connectivity index (χ2n) is 7.19. The number of hydrogen-bond donors (Lipinski definition) is 1. The first-order valence-electron chi connectivity index (χ1n) is 9.78. The van der Waals surface area contributed by atoms with Crippen LogP contribution in [0.2, 0.25) is 0 Å². The summed E-state index contributed by atoms with van der Waals surface area (Å²) in [6, 6.07) is 12.1. The van der Waals surface area contributed by atoms with E-state index in [0.717, 1.165) is 27.4 Å². The third kappa shape index (κ3) is 4.43. The van der Waals surface area contributed by atoms with Gasteiger partial charge in [0.1, 0.15) is 5.58 Å². The molecule has 11 heteroatoms. The Hall–Kier alpha value is -4.15. The zero-order chi connectivity index (χ0) is 23.8. The maximum absolute atomic E-state index is 13.0. The lowest BCUT2D eigenvalue weighted by atomic mass is 10.1. The summed E-state index contributed by atoms with van der Waals surface area (Å²) in [4.78, 5) is 37.0. The summed E-state index contributed by atoms with van der Waals surface area (Å²) in [5.41, 5.74) is -1.39. The van der Waals surface area contributed by atoms with Gasteiger partial charge in [-0.2, -0.15) is 13.2 Å². The molecule has 0 atom stereocenters. The molecule has 0 saturated heterocycles. The van der Waals surface area contributed by atoms with Crippen LogP contribution >= 0.6 is 0 Å². The zero-order valence-electron chi connectivity index (χ0n) is 17.2. The predicted molar refractivity (Wildman–Crippen MR) is 113 cm³/mol. The Balaban J connectivity index is 1.49. The van der Waals surface area contributed by atoms with E-state index in [-0.39, 0.29) is 41.2 Å². The molecule has 33 heavy (non-hydrogen) atoms. The topological polar surface area (TPSA) is 99.1 Å². The molecule has 1 N–H and O–H groups in total. The van der Waals surface area contributed by atoms with Crippen LogP contribution in [0.3, 0.4) is 0 Å². The molecule has 8 nitrogen and oxygen atoms in total. The van der Waals surface area contributed by atoms with Gasteiger partial charge in [0.25, 0.3) is 5.91 Å². The molecule has 170 valence electrons. The number of carbonyl (C=O) groups is 1. The number of nitrogens with one attached hydrogen (secondary N) is 1. The number of hydrogen-bond acceptors (Lipinski definition) is 5. The van der Waals surface area contributed by atoms with E-state index < -0.39 is 23.3 Å². The van der Waals surface area contributed by atoms with Crippen molar-refractivity contribution in [2.45, 2.75) is 12.7 Å². The smallest absolute Gasteiger partial charge is 0.416 e. The molecular weight excluding hydrogens is 441 g/mol. The molecule has 2 heterocycles. The van der Waals surface area contributed by atoms with E-state index in [0.29, 0.717) is 5.39 Å². The van der Waals surface area contributed by atoms with E-state index in [1.165, 1.54) is 19.2 Å². The van der Waals surface area contributed by atoms with Gasteiger partial charge < -0.3 is 9.73 Å². The molecular formula is C22H17F3N4O4. The van der Waals surface area contributed by atoms with Crippen molar-refractivity contribution in [2.24, 2.45) is 7.05 Å². The number of nitrogens with zero attached hydrogens (tertiary/aromatic N) is 3. The molecule has 0 saturated carbocycles. The lowest BCUT2D eigenvalue weighted by Gasteiger charge is -2.08.